The lowest BCUT2D eigenvalue weighted by atomic mass is 10.0. The van der Waals surface area contributed by atoms with Gasteiger partial charge in [-0.25, -0.2) is 0 Å². The maximum atomic E-state index is 11.9. The van der Waals surface area contributed by atoms with Crippen molar-refractivity contribution in [3.8, 4) is 5.75 Å². The molecule has 1 atom stereocenters. The predicted octanol–water partition coefficient (Wildman–Crippen LogP) is 3.40. The molecule has 0 saturated heterocycles. The molecule has 0 fully saturated rings. The lowest BCUT2D eigenvalue weighted by Crippen LogP contribution is -2.13. The molecule has 82 valence electrons. The van der Waals surface area contributed by atoms with Crippen molar-refractivity contribution in [2.75, 3.05) is 7.11 Å². The second-order valence-electron chi connectivity index (χ2n) is 3.11. The fourth-order valence-corrected chi connectivity index (χ4v) is 1.79. The van der Waals surface area contributed by atoms with E-state index in [4.69, 9.17) is 16.3 Å². The highest BCUT2D eigenvalue weighted by Crippen LogP contribution is 2.26. The normalized spacial score (nSPS) is 12.3. The van der Waals surface area contributed by atoms with E-state index in [1.165, 1.54) is 0 Å². The van der Waals surface area contributed by atoms with Crippen LogP contribution in [0.2, 0.25) is 0 Å². The van der Waals surface area contributed by atoms with Gasteiger partial charge in [0.15, 0.2) is 5.78 Å². The third kappa shape index (κ3) is 2.73. The SMILES string of the molecule is COc1cccc(CCl)c1C(=O)C(C)Br. The third-order valence-corrected chi connectivity index (χ3v) is 2.79. The molecule has 1 aromatic rings. The molecule has 15 heavy (non-hydrogen) atoms. The van der Waals surface area contributed by atoms with Gasteiger partial charge in [0.1, 0.15) is 5.75 Å². The molecule has 1 unspecified atom stereocenters. The van der Waals surface area contributed by atoms with E-state index < -0.39 is 0 Å². The summed E-state index contributed by atoms with van der Waals surface area (Å²) in [4.78, 5) is 11.7. The van der Waals surface area contributed by atoms with Gasteiger partial charge in [-0.2, -0.15) is 0 Å². The van der Waals surface area contributed by atoms with Crippen LogP contribution >= 0.6 is 27.5 Å². The Morgan fingerprint density at radius 1 is 1.60 bits per heavy atom. The first-order chi connectivity index (χ1) is 7.11. The summed E-state index contributed by atoms with van der Waals surface area (Å²) in [5.74, 6) is 0.866. The van der Waals surface area contributed by atoms with Crippen molar-refractivity contribution in [1.82, 2.24) is 0 Å². The van der Waals surface area contributed by atoms with Crippen molar-refractivity contribution in [3.05, 3.63) is 29.3 Å². The van der Waals surface area contributed by atoms with Gasteiger partial charge in [0.25, 0.3) is 0 Å². The number of carbonyl (C=O) groups is 1. The molecule has 0 bridgehead atoms. The van der Waals surface area contributed by atoms with Crippen LogP contribution in [0.25, 0.3) is 0 Å². The molecular formula is C11H12BrClO2. The predicted molar refractivity (Wildman–Crippen MR) is 65.3 cm³/mol. The van der Waals surface area contributed by atoms with Gasteiger partial charge in [-0.05, 0) is 18.6 Å². The van der Waals surface area contributed by atoms with Gasteiger partial charge in [0.2, 0.25) is 0 Å². The Kier molecular flexibility index (Phi) is 4.61. The van der Waals surface area contributed by atoms with Crippen LogP contribution in [0, 0.1) is 0 Å². The number of halogens is 2. The number of rotatable bonds is 4. The summed E-state index contributed by atoms with van der Waals surface area (Å²) in [7, 11) is 1.54. The average Bonchev–Trinajstić information content (AvgIpc) is 2.26. The summed E-state index contributed by atoms with van der Waals surface area (Å²) in [5.41, 5.74) is 1.37. The minimum atomic E-state index is -0.240. The lowest BCUT2D eigenvalue weighted by molar-refractivity contribution is 0.0992. The lowest BCUT2D eigenvalue weighted by Gasteiger charge is -2.12. The summed E-state index contributed by atoms with van der Waals surface area (Å²) < 4.78 is 5.16. The van der Waals surface area contributed by atoms with E-state index in [1.807, 2.05) is 12.1 Å². The molecule has 1 aromatic carbocycles. The Hall–Kier alpha value is -0.540. The standard InChI is InChI=1S/C11H12BrClO2/c1-7(12)11(14)10-8(6-13)4-3-5-9(10)15-2/h3-5,7H,6H2,1-2H3. The molecule has 0 amide bonds. The number of ketones is 1. The Labute approximate surface area is 103 Å². The molecule has 0 aliphatic carbocycles. The number of methoxy groups -OCH3 is 1. The Morgan fingerprint density at radius 2 is 2.27 bits per heavy atom. The van der Waals surface area contributed by atoms with E-state index >= 15 is 0 Å². The summed E-state index contributed by atoms with van der Waals surface area (Å²) in [6, 6.07) is 5.42. The smallest absolute Gasteiger partial charge is 0.180 e. The molecule has 0 aliphatic rings. The summed E-state index contributed by atoms with van der Waals surface area (Å²) >= 11 is 9.04. The fraction of sp³-hybridized carbons (Fsp3) is 0.364. The Morgan fingerprint density at radius 3 is 2.73 bits per heavy atom. The minimum absolute atomic E-state index is 0.0110. The van der Waals surface area contributed by atoms with E-state index in [-0.39, 0.29) is 10.6 Å². The second-order valence-corrected chi connectivity index (χ2v) is 4.75. The molecule has 0 heterocycles. The Bertz CT molecular complexity index is 341. The molecule has 0 aromatic heterocycles. The maximum absolute atomic E-state index is 11.9. The van der Waals surface area contributed by atoms with Crippen molar-refractivity contribution >= 4 is 33.3 Å². The van der Waals surface area contributed by atoms with Gasteiger partial charge in [-0.15, -0.1) is 11.6 Å². The van der Waals surface area contributed by atoms with Gasteiger partial charge in [0.05, 0.1) is 17.5 Å². The van der Waals surface area contributed by atoms with Crippen molar-refractivity contribution in [2.45, 2.75) is 17.6 Å². The number of benzene rings is 1. The van der Waals surface area contributed by atoms with E-state index in [2.05, 4.69) is 15.9 Å². The zero-order valence-electron chi connectivity index (χ0n) is 8.59. The number of hydrogen-bond donors (Lipinski definition) is 0. The van der Waals surface area contributed by atoms with E-state index in [0.717, 1.165) is 5.56 Å². The van der Waals surface area contributed by atoms with Gasteiger partial charge in [-0.1, -0.05) is 28.1 Å². The quantitative estimate of drug-likeness (QED) is 0.628. The van der Waals surface area contributed by atoms with E-state index in [9.17, 15) is 4.79 Å². The molecule has 0 saturated carbocycles. The molecular weight excluding hydrogens is 279 g/mol. The minimum Gasteiger partial charge on any atom is -0.496 e. The number of hydrogen-bond acceptors (Lipinski definition) is 2. The van der Waals surface area contributed by atoms with Gasteiger partial charge in [0, 0.05) is 5.88 Å². The van der Waals surface area contributed by atoms with Crippen molar-refractivity contribution in [3.63, 3.8) is 0 Å². The van der Waals surface area contributed by atoms with E-state index in [0.29, 0.717) is 17.2 Å². The topological polar surface area (TPSA) is 26.3 Å². The zero-order chi connectivity index (χ0) is 11.4. The molecule has 2 nitrogen and oxygen atoms in total. The highest BCUT2D eigenvalue weighted by molar-refractivity contribution is 9.10. The Balaban J connectivity index is 3.28. The fourth-order valence-electron chi connectivity index (χ4n) is 1.34. The highest BCUT2D eigenvalue weighted by atomic mass is 79.9. The monoisotopic (exact) mass is 290 g/mol. The number of carbonyl (C=O) groups excluding carboxylic acids is 1. The number of alkyl halides is 2. The summed E-state index contributed by atoms with van der Waals surface area (Å²) in [6.07, 6.45) is 0. The van der Waals surface area contributed by atoms with Crippen molar-refractivity contribution < 1.29 is 9.53 Å². The molecule has 0 aliphatic heterocycles. The number of Topliss-reactive ketones (excluding diaryl/α,β-unsaturated/α-hetero) is 1. The first kappa shape index (κ1) is 12.5. The van der Waals surface area contributed by atoms with E-state index in [1.54, 1.807) is 20.1 Å². The highest BCUT2D eigenvalue weighted by Gasteiger charge is 2.19. The van der Waals surface area contributed by atoms with Crippen LogP contribution in [0.15, 0.2) is 18.2 Å². The molecule has 0 radical (unpaired) electrons. The summed E-state index contributed by atoms with van der Waals surface area (Å²) in [5, 5.41) is 0. The molecule has 0 N–H and O–H groups in total. The van der Waals surface area contributed by atoms with Crippen LogP contribution in [-0.4, -0.2) is 17.7 Å². The summed E-state index contributed by atoms with van der Waals surface area (Å²) in [6.45, 7) is 1.78. The maximum Gasteiger partial charge on any atom is 0.180 e. The van der Waals surface area contributed by atoms with Gasteiger partial charge >= 0.3 is 0 Å². The van der Waals surface area contributed by atoms with Crippen LogP contribution in [-0.2, 0) is 5.88 Å². The van der Waals surface area contributed by atoms with Crippen LogP contribution < -0.4 is 4.74 Å². The van der Waals surface area contributed by atoms with Crippen LogP contribution in [0.1, 0.15) is 22.8 Å². The third-order valence-electron chi connectivity index (χ3n) is 2.08. The number of ether oxygens (including phenoxy) is 1. The first-order valence-corrected chi connectivity index (χ1v) is 5.97. The largest absolute Gasteiger partial charge is 0.496 e. The van der Waals surface area contributed by atoms with Crippen LogP contribution in [0.3, 0.4) is 0 Å². The van der Waals surface area contributed by atoms with Crippen molar-refractivity contribution in [1.29, 1.82) is 0 Å². The second kappa shape index (κ2) is 5.52. The van der Waals surface area contributed by atoms with Gasteiger partial charge < -0.3 is 4.74 Å². The van der Waals surface area contributed by atoms with Gasteiger partial charge in [-0.3, -0.25) is 4.79 Å². The average molecular weight is 292 g/mol. The van der Waals surface area contributed by atoms with Crippen LogP contribution in [0.4, 0.5) is 0 Å². The van der Waals surface area contributed by atoms with Crippen LogP contribution in [0.5, 0.6) is 5.75 Å². The van der Waals surface area contributed by atoms with Crippen molar-refractivity contribution in [2.24, 2.45) is 0 Å². The molecule has 1 rings (SSSR count). The molecule has 4 heteroatoms. The first-order valence-electron chi connectivity index (χ1n) is 4.52. The molecule has 0 spiro atoms. The zero-order valence-corrected chi connectivity index (χ0v) is 10.9.